The van der Waals surface area contributed by atoms with Crippen LogP contribution in [0.3, 0.4) is 0 Å². The fraction of sp³-hybridized carbons (Fsp3) is 0.314. The number of carbonyl (C=O) groups excluding carboxylic acids is 1. The number of fused-ring (bicyclic) bond motifs is 2. The van der Waals surface area contributed by atoms with Crippen LogP contribution in [0.15, 0.2) is 158 Å². The molecule has 0 amide bonds. The Morgan fingerprint density at radius 1 is 0.571 bits per heavy atom. The van der Waals surface area contributed by atoms with Gasteiger partial charge in [-0.3, -0.25) is 4.79 Å². The summed E-state index contributed by atoms with van der Waals surface area (Å²) in [5.41, 5.74) is 10.2. The Bertz CT molecular complexity index is 3390. The fourth-order valence-corrected chi connectivity index (χ4v) is 14.2. The summed E-state index contributed by atoms with van der Waals surface area (Å²) in [4.78, 5) is 32.3. The first kappa shape index (κ1) is 66.2. The summed E-state index contributed by atoms with van der Waals surface area (Å²) in [5.74, 6) is -0.0469. The summed E-state index contributed by atoms with van der Waals surface area (Å²) in [5, 5.41) is 46.1. The third-order valence-electron chi connectivity index (χ3n) is 15.7. The Kier molecular flexibility index (Phi) is 23.2. The van der Waals surface area contributed by atoms with Gasteiger partial charge in [-0.05, 0) is 195 Å². The minimum atomic E-state index is -0.963. The number of hydrogen-bond acceptors (Lipinski definition) is 10. The van der Waals surface area contributed by atoms with Gasteiger partial charge in [0.2, 0.25) is 0 Å². The van der Waals surface area contributed by atoms with Crippen molar-refractivity contribution in [1.82, 2.24) is 16.1 Å². The largest absolute Gasteiger partial charge is 1.00 e. The second-order valence-corrected chi connectivity index (χ2v) is 26.6. The molecule has 432 valence electrons. The van der Waals surface area contributed by atoms with Gasteiger partial charge in [-0.2, -0.15) is 23.5 Å². The van der Waals surface area contributed by atoms with E-state index >= 15 is 0 Å². The molecule has 2 fully saturated rings. The zero-order valence-electron chi connectivity index (χ0n) is 48.7. The number of carbonyl (C=O) groups is 2. The molecule has 84 heavy (non-hydrogen) atoms. The number of rotatable bonds is 24. The van der Waals surface area contributed by atoms with Crippen molar-refractivity contribution in [3.63, 3.8) is 0 Å². The number of thioether (sulfide) groups is 2. The van der Waals surface area contributed by atoms with Gasteiger partial charge in [0.15, 0.2) is 0 Å². The van der Waals surface area contributed by atoms with Crippen LogP contribution in [0, 0.1) is 10.8 Å². The molecular weight excluding hydrogens is 1140 g/mol. The van der Waals surface area contributed by atoms with Gasteiger partial charge in [-0.25, -0.2) is 9.97 Å². The van der Waals surface area contributed by atoms with Gasteiger partial charge >= 0.3 is 35.5 Å². The van der Waals surface area contributed by atoms with Gasteiger partial charge in [0, 0.05) is 43.0 Å². The fourth-order valence-electron chi connectivity index (χ4n) is 10.7. The summed E-state index contributed by atoms with van der Waals surface area (Å²) >= 11 is 16.0. The predicted octanol–water partition coefficient (Wildman–Crippen LogP) is 13.7. The van der Waals surface area contributed by atoms with Gasteiger partial charge in [0.25, 0.3) is 0 Å². The maximum atomic E-state index is 11.5. The van der Waals surface area contributed by atoms with Crippen LogP contribution in [0.4, 0.5) is 0 Å². The molecule has 0 aliphatic heterocycles. The molecule has 2 heterocycles. The van der Waals surface area contributed by atoms with Gasteiger partial charge in [0.05, 0.1) is 40.0 Å². The predicted molar refractivity (Wildman–Crippen MR) is 345 cm³/mol. The average Bonchev–Trinajstić information content (AvgIpc) is 3.85. The van der Waals surface area contributed by atoms with Gasteiger partial charge in [-0.15, -0.1) is 0 Å². The molecule has 0 spiro atoms. The number of nitrogens with zero attached hydrogens (tertiary/aromatic N) is 2. The number of hydrogen-bond donors (Lipinski definition) is 4. The molecule has 0 bridgehead atoms. The molecule has 2 aromatic heterocycles. The van der Waals surface area contributed by atoms with Crippen molar-refractivity contribution in [1.29, 1.82) is 0 Å². The normalized spacial score (nSPS) is 15.0. The second kappa shape index (κ2) is 29.4. The number of aliphatic hydroxyl groups is 2. The van der Waals surface area contributed by atoms with Crippen LogP contribution >= 0.6 is 46.7 Å². The van der Waals surface area contributed by atoms with E-state index in [0.717, 1.165) is 129 Å². The van der Waals surface area contributed by atoms with E-state index in [1.807, 2.05) is 154 Å². The molecule has 6 N–H and O–H groups in total. The Morgan fingerprint density at radius 2 is 0.976 bits per heavy atom. The van der Waals surface area contributed by atoms with Crippen molar-refractivity contribution >= 4 is 105 Å². The monoisotopic (exact) mass is 1210 g/mol. The number of aryl methyl sites for hydroxylation is 2. The number of benzene rings is 6. The van der Waals surface area contributed by atoms with Crippen molar-refractivity contribution < 1.29 is 59.6 Å². The Hall–Kier alpha value is -5.28. The van der Waals surface area contributed by atoms with Crippen LogP contribution < -0.4 is 40.8 Å². The Morgan fingerprint density at radius 3 is 1.37 bits per heavy atom. The van der Waals surface area contributed by atoms with Crippen molar-refractivity contribution in [2.75, 3.05) is 11.5 Å². The van der Waals surface area contributed by atoms with Crippen molar-refractivity contribution in [2.45, 2.75) is 114 Å². The van der Waals surface area contributed by atoms with E-state index in [9.17, 15) is 30.0 Å². The molecule has 2 aliphatic carbocycles. The van der Waals surface area contributed by atoms with Gasteiger partial charge in [0.1, 0.15) is 0 Å². The summed E-state index contributed by atoms with van der Waals surface area (Å²) in [6, 6.07) is 52.8. The molecule has 0 radical (unpaired) electrons. The molecule has 0 saturated heterocycles. The number of pyridine rings is 2. The van der Waals surface area contributed by atoms with E-state index in [1.165, 1.54) is 11.1 Å². The number of aromatic nitrogens is 2. The molecule has 2 saturated carbocycles. The van der Waals surface area contributed by atoms with E-state index < -0.39 is 23.1 Å². The molecular formula is C70H74Cl2N3NaO6S2. The first-order chi connectivity index (χ1) is 39.2. The standard InChI is InChI=1S/2C35H36ClNO3S.H3N.Na/c2*1-34(2,40)30-9-4-3-7-25(30)13-17-32(41-23-35(18-19-35)22-33(38)39)27-8-5-6-24(20-27)10-15-29-16-12-26-11-14-28(36)21-31(26)37-29;;/h2*3-12,14-16,20-21,32,40H,13,17-19,22-23H2,1-2H3,(H,38,39);1H3;/q;;;+1/p-1/b2*15-10+;;/t2*32-;;/m11../s1. The number of halogens is 2. The second-order valence-electron chi connectivity index (χ2n) is 23.4. The summed E-state index contributed by atoms with van der Waals surface area (Å²) in [7, 11) is 0. The quantitative estimate of drug-likeness (QED) is 0.0423. The maximum absolute atomic E-state index is 11.5. The van der Waals surface area contributed by atoms with E-state index in [2.05, 4.69) is 78.9 Å². The SMILES string of the molecule is CC(C)(O)c1ccccc1CC[C@@H](SCC1(CC(=O)O)CC1)c1cccc(/C=C/c2ccc3ccc(Cl)cc3n2)c1.CC(C)(O)c1ccccc1CC[C@@H](SCC1(CC(=O)[O-])CC1)c1cccc(/C=C/c2ccc3ccc(Cl)cc3n2)c1.N.[Na+]. The van der Waals surface area contributed by atoms with Crippen LogP contribution in [0.25, 0.3) is 46.1 Å². The average molecular weight is 1210 g/mol. The van der Waals surface area contributed by atoms with E-state index in [-0.39, 0.29) is 69.9 Å². The van der Waals surface area contributed by atoms with Crippen LogP contribution in [0.2, 0.25) is 10.0 Å². The first-order valence-corrected chi connectivity index (χ1v) is 31.0. The van der Waals surface area contributed by atoms with E-state index in [1.54, 1.807) is 0 Å². The van der Waals surface area contributed by atoms with Crippen molar-refractivity contribution in [3.05, 3.63) is 224 Å². The van der Waals surface area contributed by atoms with Crippen LogP contribution in [0.1, 0.15) is 145 Å². The number of aliphatic carboxylic acids is 2. The van der Waals surface area contributed by atoms with Crippen LogP contribution in [-0.2, 0) is 33.6 Å². The molecule has 9 nitrogen and oxygen atoms in total. The molecule has 8 aromatic rings. The van der Waals surface area contributed by atoms with Gasteiger partial charge < -0.3 is 31.4 Å². The van der Waals surface area contributed by atoms with Crippen LogP contribution in [-0.4, -0.2) is 48.7 Å². The van der Waals surface area contributed by atoms with Gasteiger partial charge in [-0.1, -0.05) is 157 Å². The number of carboxylic acid groups (broad SMARTS) is 2. The third-order valence-corrected chi connectivity index (χ3v) is 19.5. The molecule has 0 unspecified atom stereocenters. The van der Waals surface area contributed by atoms with Crippen molar-refractivity contribution in [2.24, 2.45) is 10.8 Å². The summed E-state index contributed by atoms with van der Waals surface area (Å²) < 4.78 is 0. The molecule has 10 rings (SSSR count). The maximum Gasteiger partial charge on any atom is 1.00 e. The molecule has 6 aromatic carbocycles. The summed E-state index contributed by atoms with van der Waals surface area (Å²) in [6.45, 7) is 7.30. The Labute approximate surface area is 535 Å². The molecule has 2 atom stereocenters. The van der Waals surface area contributed by atoms with E-state index in [4.69, 9.17) is 33.2 Å². The zero-order chi connectivity index (χ0) is 58.1. The van der Waals surface area contributed by atoms with Crippen LogP contribution in [0.5, 0.6) is 0 Å². The Balaban J connectivity index is 0.000000235. The smallest absolute Gasteiger partial charge is 0.550 e. The molecule has 14 heteroatoms. The molecule has 2 aliphatic rings. The topological polar surface area (TPSA) is 179 Å². The van der Waals surface area contributed by atoms with Crippen molar-refractivity contribution in [3.8, 4) is 0 Å². The zero-order valence-corrected chi connectivity index (χ0v) is 53.8. The summed E-state index contributed by atoms with van der Waals surface area (Å²) in [6.07, 6.45) is 15.8. The number of carboxylic acids is 2. The minimum Gasteiger partial charge on any atom is -0.550 e. The third kappa shape index (κ3) is 18.9. The first-order valence-electron chi connectivity index (χ1n) is 28.2. The minimum absolute atomic E-state index is 0. The van der Waals surface area contributed by atoms with E-state index in [0.29, 0.717) is 10.0 Å².